The predicted octanol–water partition coefficient (Wildman–Crippen LogP) is 7.56. The van der Waals surface area contributed by atoms with E-state index < -0.39 is 7.14 Å². The summed E-state index contributed by atoms with van der Waals surface area (Å²) in [5.41, 5.74) is 6.39. The van der Waals surface area contributed by atoms with Crippen molar-refractivity contribution in [2.24, 2.45) is 13.0 Å². The van der Waals surface area contributed by atoms with Crippen LogP contribution in [-0.2, 0) is 11.6 Å². The Labute approximate surface area is 295 Å². The Balaban J connectivity index is 1.19. The molecule has 7 rings (SSSR count). The van der Waals surface area contributed by atoms with Crippen LogP contribution in [0.25, 0.3) is 22.0 Å². The first kappa shape index (κ1) is 33.5. The van der Waals surface area contributed by atoms with E-state index in [2.05, 4.69) is 72.1 Å². The number of nitrogens with zero attached hydrogens (tertiary/aromatic N) is 6. The van der Waals surface area contributed by atoms with Crippen LogP contribution in [0.5, 0.6) is 5.75 Å². The molecule has 49 heavy (non-hydrogen) atoms. The Morgan fingerprint density at radius 3 is 2.45 bits per heavy atom. The maximum Gasteiger partial charge on any atom is 0.229 e. The van der Waals surface area contributed by atoms with Crippen molar-refractivity contribution in [2.45, 2.75) is 31.6 Å². The third kappa shape index (κ3) is 7.46. The van der Waals surface area contributed by atoms with Gasteiger partial charge in [-0.1, -0.05) is 6.07 Å². The van der Waals surface area contributed by atoms with Gasteiger partial charge in [0.15, 0.2) is 0 Å². The fourth-order valence-electron chi connectivity index (χ4n) is 6.57. The molecule has 11 nitrogen and oxygen atoms in total. The molecule has 0 amide bonds. The van der Waals surface area contributed by atoms with Gasteiger partial charge in [0.2, 0.25) is 5.95 Å². The Bertz CT molecular complexity index is 2050. The van der Waals surface area contributed by atoms with E-state index in [9.17, 15) is 4.57 Å². The second-order valence-corrected chi connectivity index (χ2v) is 17.7. The van der Waals surface area contributed by atoms with Crippen LogP contribution in [0.15, 0.2) is 59.5 Å². The van der Waals surface area contributed by atoms with Gasteiger partial charge in [-0.2, -0.15) is 10.1 Å². The first-order chi connectivity index (χ1) is 23.6. The van der Waals surface area contributed by atoms with Gasteiger partial charge in [0.1, 0.15) is 18.7 Å². The summed E-state index contributed by atoms with van der Waals surface area (Å²) in [5, 5.41) is 16.6. The second-order valence-electron chi connectivity index (χ2n) is 13.7. The van der Waals surface area contributed by atoms with Gasteiger partial charge < -0.3 is 30.2 Å². The molecule has 13 heteroatoms. The summed E-state index contributed by atoms with van der Waals surface area (Å²) in [7, 11) is 3.05. The molecule has 1 saturated carbocycles. The van der Waals surface area contributed by atoms with Crippen LogP contribution in [0.3, 0.4) is 0 Å². The van der Waals surface area contributed by atoms with Crippen molar-refractivity contribution in [1.29, 1.82) is 0 Å². The molecule has 0 atom stereocenters. The van der Waals surface area contributed by atoms with E-state index in [0.29, 0.717) is 33.8 Å². The fourth-order valence-corrected chi connectivity index (χ4v) is 8.34. The predicted molar refractivity (Wildman–Crippen MR) is 203 cm³/mol. The molecule has 3 N–H and O–H groups in total. The number of fused-ring (bicyclic) bond motifs is 1. The third-order valence-corrected chi connectivity index (χ3v) is 11.6. The maximum absolute atomic E-state index is 13.7. The highest BCUT2D eigenvalue weighted by molar-refractivity contribution is 9.10. The van der Waals surface area contributed by atoms with Crippen molar-refractivity contribution in [1.82, 2.24) is 29.6 Å². The Morgan fingerprint density at radius 2 is 1.76 bits per heavy atom. The van der Waals surface area contributed by atoms with Crippen molar-refractivity contribution in [2.75, 3.05) is 63.1 Å². The zero-order chi connectivity index (χ0) is 34.3. The first-order valence-electron chi connectivity index (χ1n) is 16.7. The highest BCUT2D eigenvalue weighted by atomic mass is 79.9. The number of anilines is 5. The minimum Gasteiger partial charge on any atom is -0.494 e. The van der Waals surface area contributed by atoms with Crippen LogP contribution in [0.4, 0.5) is 28.8 Å². The van der Waals surface area contributed by atoms with Gasteiger partial charge in [0.05, 0.1) is 34.7 Å². The van der Waals surface area contributed by atoms with Crippen LogP contribution in [-0.4, -0.2) is 76.8 Å². The van der Waals surface area contributed by atoms with Crippen LogP contribution < -0.4 is 26.0 Å². The molecular weight excluding hydrogens is 701 g/mol. The van der Waals surface area contributed by atoms with Gasteiger partial charge >= 0.3 is 0 Å². The molecule has 256 valence electrons. The molecule has 3 aromatic heterocycles. The van der Waals surface area contributed by atoms with Gasteiger partial charge in [0, 0.05) is 71.2 Å². The molecule has 2 aliphatic rings. The third-order valence-electron chi connectivity index (χ3n) is 9.42. The number of hydrogen-bond acceptors (Lipinski definition) is 10. The lowest BCUT2D eigenvalue weighted by molar-refractivity contribution is 0.226. The Morgan fingerprint density at radius 1 is 0.959 bits per heavy atom. The van der Waals surface area contributed by atoms with E-state index in [1.54, 1.807) is 31.3 Å². The summed E-state index contributed by atoms with van der Waals surface area (Å²) in [6.07, 6.45) is 10.3. The lowest BCUT2D eigenvalue weighted by Gasteiger charge is -2.29. The van der Waals surface area contributed by atoms with E-state index in [4.69, 9.17) is 14.7 Å². The zero-order valence-electron chi connectivity index (χ0n) is 28.6. The topological polar surface area (TPSA) is 122 Å². The van der Waals surface area contributed by atoms with Gasteiger partial charge in [-0.15, -0.1) is 0 Å². The van der Waals surface area contributed by atoms with E-state index in [1.807, 2.05) is 37.6 Å². The number of pyridine rings is 1. The molecule has 2 aromatic carbocycles. The molecule has 2 fully saturated rings. The van der Waals surface area contributed by atoms with Gasteiger partial charge in [-0.25, -0.2) is 4.98 Å². The molecule has 5 aromatic rings. The Kier molecular flexibility index (Phi) is 9.39. The number of aryl methyl sites for hydroxylation is 1. The summed E-state index contributed by atoms with van der Waals surface area (Å²) < 4.78 is 22.1. The summed E-state index contributed by atoms with van der Waals surface area (Å²) in [5.74, 6) is 2.73. The SMILES string of the molecule is COc1cc(NCC2CCN(C)CC2)c(-c2cnn(C)c2)cc1Nc1ncc(Br)c(Nc2ccc3nc(C4CC4)ccc3c2P(C)(C)=O)n1. The van der Waals surface area contributed by atoms with E-state index in [0.717, 1.165) is 69.7 Å². The molecule has 0 unspecified atom stereocenters. The summed E-state index contributed by atoms with van der Waals surface area (Å²) in [6, 6.07) is 12.2. The largest absolute Gasteiger partial charge is 0.494 e. The monoisotopic (exact) mass is 743 g/mol. The van der Waals surface area contributed by atoms with Crippen LogP contribution in [0, 0.1) is 5.92 Å². The quantitative estimate of drug-likeness (QED) is 0.117. The number of likely N-dealkylation sites (tertiary alicyclic amines) is 1. The van der Waals surface area contributed by atoms with Crippen molar-refractivity contribution < 1.29 is 9.30 Å². The van der Waals surface area contributed by atoms with Crippen molar-refractivity contribution >= 4 is 68.1 Å². The number of benzene rings is 2. The van der Waals surface area contributed by atoms with Crippen LogP contribution in [0.2, 0.25) is 0 Å². The number of rotatable bonds is 11. The average molecular weight is 745 g/mol. The first-order valence-corrected chi connectivity index (χ1v) is 20.1. The van der Waals surface area contributed by atoms with Crippen molar-refractivity contribution in [3.8, 4) is 16.9 Å². The number of methoxy groups -OCH3 is 1. The van der Waals surface area contributed by atoms with Crippen molar-refractivity contribution in [3.05, 3.63) is 65.2 Å². The minimum atomic E-state index is -2.72. The number of halogens is 1. The number of ether oxygens (including phenoxy) is 1. The van der Waals surface area contributed by atoms with Crippen LogP contribution >= 0.6 is 23.1 Å². The molecule has 0 radical (unpaired) electrons. The standard InChI is InChI=1S/C36H43BrN9O2P/c1-45-14-12-22(13-15-45)18-38-31-17-33(48-3)32(16-26(31)24-19-40-46(2)21-24)43-36-39-20-27(37)35(44-36)42-30-11-10-29-25(34(30)49(4,5)47)8-9-28(41-29)23-6-7-23/h8-11,16-17,19-23,38H,6-7,12-15,18H2,1-5H3,(H2,39,42,43,44). The smallest absolute Gasteiger partial charge is 0.229 e. The lowest BCUT2D eigenvalue weighted by Crippen LogP contribution is -2.33. The van der Waals surface area contributed by atoms with Crippen molar-refractivity contribution in [3.63, 3.8) is 0 Å². The van der Waals surface area contributed by atoms with Gasteiger partial charge in [-0.05, 0) is 105 Å². The summed E-state index contributed by atoms with van der Waals surface area (Å²) in [6.45, 7) is 6.72. The fraction of sp³-hybridized carbons (Fsp3) is 0.389. The second kappa shape index (κ2) is 13.7. The highest BCUT2D eigenvalue weighted by Crippen LogP contribution is 2.44. The lowest BCUT2D eigenvalue weighted by atomic mass is 9.96. The van der Waals surface area contributed by atoms with Crippen LogP contribution in [0.1, 0.15) is 37.3 Å². The molecule has 1 saturated heterocycles. The van der Waals surface area contributed by atoms with E-state index in [1.165, 1.54) is 25.7 Å². The minimum absolute atomic E-state index is 0.377. The number of piperidine rings is 1. The maximum atomic E-state index is 13.7. The summed E-state index contributed by atoms with van der Waals surface area (Å²) >= 11 is 3.62. The highest BCUT2D eigenvalue weighted by Gasteiger charge is 2.27. The number of nitrogens with one attached hydrogen (secondary N) is 3. The van der Waals surface area contributed by atoms with Gasteiger partial charge in [-0.3, -0.25) is 9.67 Å². The molecule has 1 aliphatic heterocycles. The zero-order valence-corrected chi connectivity index (χ0v) is 31.1. The van der Waals surface area contributed by atoms with E-state index >= 15 is 0 Å². The normalized spacial score (nSPS) is 15.8. The average Bonchev–Trinajstić information content (AvgIpc) is 3.84. The molecule has 1 aliphatic carbocycles. The van der Waals surface area contributed by atoms with E-state index in [-0.39, 0.29) is 0 Å². The molecular formula is C36H43BrN9O2P. The molecule has 4 heterocycles. The number of hydrogen-bond donors (Lipinski definition) is 3. The molecule has 0 bridgehead atoms. The van der Waals surface area contributed by atoms with Gasteiger partial charge in [0.25, 0.3) is 0 Å². The summed E-state index contributed by atoms with van der Waals surface area (Å²) in [4.78, 5) is 16.7. The number of aromatic nitrogens is 5. The molecule has 0 spiro atoms. The Hall–Kier alpha value is -3.99.